The van der Waals surface area contributed by atoms with Crippen molar-refractivity contribution in [3.8, 4) is 0 Å². The first-order valence-electron chi connectivity index (χ1n) is 5.54. The molecule has 7 heteroatoms. The zero-order valence-electron chi connectivity index (χ0n) is 10.4. The van der Waals surface area contributed by atoms with Crippen LogP contribution in [0.1, 0.15) is 19.4 Å². The topological polar surface area (TPSA) is 71.4 Å². The maximum atomic E-state index is 13.3. The molecule has 0 bridgehead atoms. The first kappa shape index (κ1) is 16.1. The van der Waals surface area contributed by atoms with Crippen LogP contribution in [0.4, 0.5) is 4.39 Å². The van der Waals surface area contributed by atoms with Crippen molar-refractivity contribution in [2.45, 2.75) is 24.9 Å². The largest absolute Gasteiger partial charge is 0.480 e. The standard InChI is InChI=1S/C12H14BrFO4S/c1-7(2)11(12(15)16)19(17,18)6-8-4-3-5-9(14)10(8)13/h3-5,7,11H,6H2,1-2H3,(H,15,16). The van der Waals surface area contributed by atoms with Gasteiger partial charge in [-0.15, -0.1) is 0 Å². The summed E-state index contributed by atoms with van der Waals surface area (Å²) in [6.45, 7) is 3.05. The van der Waals surface area contributed by atoms with Gasteiger partial charge in [-0.3, -0.25) is 4.79 Å². The van der Waals surface area contributed by atoms with E-state index in [1.807, 2.05) is 0 Å². The molecule has 0 fully saturated rings. The fourth-order valence-corrected chi connectivity index (χ4v) is 4.40. The summed E-state index contributed by atoms with van der Waals surface area (Å²) in [4.78, 5) is 11.1. The van der Waals surface area contributed by atoms with Crippen LogP contribution in [0, 0.1) is 11.7 Å². The third-order valence-electron chi connectivity index (χ3n) is 2.62. The summed E-state index contributed by atoms with van der Waals surface area (Å²) in [5.41, 5.74) is 0.215. The van der Waals surface area contributed by atoms with Crippen LogP contribution >= 0.6 is 15.9 Å². The predicted molar refractivity (Wildman–Crippen MR) is 73.0 cm³/mol. The minimum absolute atomic E-state index is 0.0477. The summed E-state index contributed by atoms with van der Waals surface area (Å²) in [5, 5.41) is 7.52. The Labute approximate surface area is 119 Å². The highest BCUT2D eigenvalue weighted by Gasteiger charge is 2.35. The van der Waals surface area contributed by atoms with Gasteiger partial charge < -0.3 is 5.11 Å². The molecule has 4 nitrogen and oxygen atoms in total. The summed E-state index contributed by atoms with van der Waals surface area (Å²) in [5.74, 6) is -3.04. The number of carbonyl (C=O) groups is 1. The Hall–Kier alpha value is -0.950. The van der Waals surface area contributed by atoms with Gasteiger partial charge in [-0.25, -0.2) is 12.8 Å². The molecule has 0 aliphatic carbocycles. The number of aliphatic carboxylic acids is 1. The van der Waals surface area contributed by atoms with Gasteiger partial charge in [-0.05, 0) is 33.5 Å². The first-order chi connectivity index (χ1) is 8.66. The van der Waals surface area contributed by atoms with Gasteiger partial charge in [0.1, 0.15) is 5.82 Å². The van der Waals surface area contributed by atoms with Crippen LogP contribution in [-0.2, 0) is 20.4 Å². The van der Waals surface area contributed by atoms with Crippen molar-refractivity contribution in [3.63, 3.8) is 0 Å². The monoisotopic (exact) mass is 352 g/mol. The van der Waals surface area contributed by atoms with Gasteiger partial charge in [0.15, 0.2) is 15.1 Å². The van der Waals surface area contributed by atoms with E-state index in [0.717, 1.165) is 0 Å². The fraction of sp³-hybridized carbons (Fsp3) is 0.417. The predicted octanol–water partition coefficient (Wildman–Crippen LogP) is 2.61. The summed E-state index contributed by atoms with van der Waals surface area (Å²) < 4.78 is 37.6. The second-order valence-electron chi connectivity index (χ2n) is 4.52. The van der Waals surface area contributed by atoms with Crippen LogP contribution in [-0.4, -0.2) is 24.7 Å². The molecule has 1 unspecified atom stereocenters. The molecule has 106 valence electrons. The molecule has 0 aliphatic heterocycles. The SMILES string of the molecule is CC(C)C(C(=O)O)S(=O)(=O)Cc1cccc(F)c1Br. The van der Waals surface area contributed by atoms with Crippen molar-refractivity contribution in [1.82, 2.24) is 0 Å². The van der Waals surface area contributed by atoms with E-state index in [4.69, 9.17) is 5.11 Å². The van der Waals surface area contributed by atoms with Gasteiger partial charge in [0.2, 0.25) is 0 Å². The van der Waals surface area contributed by atoms with Crippen molar-refractivity contribution in [3.05, 3.63) is 34.1 Å². The minimum atomic E-state index is -3.91. The van der Waals surface area contributed by atoms with Gasteiger partial charge in [0.05, 0.1) is 10.2 Å². The maximum absolute atomic E-state index is 13.3. The minimum Gasteiger partial charge on any atom is -0.480 e. The fourth-order valence-electron chi connectivity index (χ4n) is 1.82. The van der Waals surface area contributed by atoms with Gasteiger partial charge in [0, 0.05) is 0 Å². The molecule has 0 aliphatic rings. The molecule has 1 aromatic rings. The van der Waals surface area contributed by atoms with E-state index >= 15 is 0 Å². The third kappa shape index (κ3) is 3.76. The molecule has 1 rings (SSSR count). The average Bonchev–Trinajstić information content (AvgIpc) is 2.22. The van der Waals surface area contributed by atoms with E-state index in [2.05, 4.69) is 15.9 Å². The lowest BCUT2D eigenvalue weighted by Gasteiger charge is -2.17. The zero-order chi connectivity index (χ0) is 14.8. The van der Waals surface area contributed by atoms with Crippen molar-refractivity contribution < 1.29 is 22.7 Å². The van der Waals surface area contributed by atoms with Crippen LogP contribution < -0.4 is 0 Å². The highest BCUT2D eigenvalue weighted by molar-refractivity contribution is 9.10. The molecule has 0 heterocycles. The first-order valence-corrected chi connectivity index (χ1v) is 8.05. The van der Waals surface area contributed by atoms with E-state index in [9.17, 15) is 17.6 Å². The Bertz CT molecular complexity index is 583. The van der Waals surface area contributed by atoms with Crippen LogP contribution in [0.15, 0.2) is 22.7 Å². The molecule has 0 amide bonds. The van der Waals surface area contributed by atoms with E-state index in [1.165, 1.54) is 32.0 Å². The summed E-state index contributed by atoms with van der Waals surface area (Å²) >= 11 is 2.97. The van der Waals surface area contributed by atoms with E-state index < -0.39 is 38.5 Å². The third-order valence-corrected chi connectivity index (χ3v) is 5.75. The van der Waals surface area contributed by atoms with E-state index in [0.29, 0.717) is 0 Å². The molecule has 1 N–H and O–H groups in total. The van der Waals surface area contributed by atoms with Crippen LogP contribution in [0.3, 0.4) is 0 Å². The Morgan fingerprint density at radius 3 is 2.47 bits per heavy atom. The number of sulfone groups is 1. The highest BCUT2D eigenvalue weighted by Crippen LogP contribution is 2.25. The van der Waals surface area contributed by atoms with Gasteiger partial charge in [-0.2, -0.15) is 0 Å². The molecule has 0 radical (unpaired) electrons. The number of hydrogen-bond donors (Lipinski definition) is 1. The Balaban J connectivity index is 3.15. The summed E-state index contributed by atoms with van der Waals surface area (Å²) in [6, 6.07) is 4.03. The van der Waals surface area contributed by atoms with Gasteiger partial charge >= 0.3 is 5.97 Å². The van der Waals surface area contributed by atoms with Crippen molar-refractivity contribution >= 4 is 31.7 Å². The number of carboxylic acid groups (broad SMARTS) is 1. The molecule has 0 aromatic heterocycles. The van der Waals surface area contributed by atoms with Crippen LogP contribution in [0.5, 0.6) is 0 Å². The normalized spacial score (nSPS) is 13.5. The molecule has 1 aromatic carbocycles. The highest BCUT2D eigenvalue weighted by atomic mass is 79.9. The number of benzene rings is 1. The Kier molecular flexibility index (Phi) is 5.09. The molecular weight excluding hydrogens is 339 g/mol. The number of carboxylic acids is 1. The number of hydrogen-bond acceptors (Lipinski definition) is 3. The van der Waals surface area contributed by atoms with Crippen molar-refractivity contribution in [1.29, 1.82) is 0 Å². The lowest BCUT2D eigenvalue weighted by molar-refractivity contribution is -0.137. The van der Waals surface area contributed by atoms with Crippen LogP contribution in [0.2, 0.25) is 0 Å². The Morgan fingerprint density at radius 2 is 2.00 bits per heavy atom. The lowest BCUT2D eigenvalue weighted by atomic mass is 10.1. The smallest absolute Gasteiger partial charge is 0.322 e. The van der Waals surface area contributed by atoms with Crippen LogP contribution in [0.25, 0.3) is 0 Å². The number of halogens is 2. The molecule has 0 spiro atoms. The molecule has 1 atom stereocenters. The van der Waals surface area contributed by atoms with Gasteiger partial charge in [-0.1, -0.05) is 26.0 Å². The van der Waals surface area contributed by atoms with E-state index in [-0.39, 0.29) is 10.0 Å². The summed E-state index contributed by atoms with van der Waals surface area (Å²) in [6.07, 6.45) is 0. The second kappa shape index (κ2) is 6.00. The molecular formula is C12H14BrFO4S. The molecule has 19 heavy (non-hydrogen) atoms. The molecule has 0 saturated heterocycles. The average molecular weight is 353 g/mol. The van der Waals surface area contributed by atoms with Crippen molar-refractivity contribution in [2.75, 3.05) is 0 Å². The Morgan fingerprint density at radius 1 is 1.42 bits per heavy atom. The maximum Gasteiger partial charge on any atom is 0.322 e. The molecule has 0 saturated carbocycles. The van der Waals surface area contributed by atoms with Gasteiger partial charge in [0.25, 0.3) is 0 Å². The second-order valence-corrected chi connectivity index (χ2v) is 7.44. The quantitative estimate of drug-likeness (QED) is 0.883. The summed E-state index contributed by atoms with van der Waals surface area (Å²) in [7, 11) is -3.91. The lowest BCUT2D eigenvalue weighted by Crippen LogP contribution is -2.35. The van der Waals surface area contributed by atoms with Crippen molar-refractivity contribution in [2.24, 2.45) is 5.92 Å². The number of rotatable bonds is 5. The zero-order valence-corrected chi connectivity index (χ0v) is 12.8. The van der Waals surface area contributed by atoms with E-state index in [1.54, 1.807) is 0 Å².